The maximum absolute atomic E-state index is 14.3. The monoisotopic (exact) mass is 1200 g/mol. The van der Waals surface area contributed by atoms with E-state index in [1.54, 1.807) is 30.3 Å². The highest BCUT2D eigenvalue weighted by Crippen LogP contribution is 2.39. The second-order valence-electron chi connectivity index (χ2n) is 18.7. The summed E-state index contributed by atoms with van der Waals surface area (Å²) in [5.74, 6) is -18.9. The average Bonchev–Trinajstić information content (AvgIpc) is 3.38. The first-order chi connectivity index (χ1) is 38.9. The molecule has 0 unspecified atom stereocenters. The zero-order chi connectivity index (χ0) is 62.5. The summed E-state index contributed by atoms with van der Waals surface area (Å²) in [6, 6.07) is 0.120. The Labute approximate surface area is 478 Å². The fourth-order valence-electron chi connectivity index (χ4n) is 8.43. The molecule has 0 spiro atoms. The highest BCUT2D eigenvalue weighted by atomic mass is 32.2. The normalized spacial score (nSPS) is 23.6. The summed E-state index contributed by atoms with van der Waals surface area (Å²) >= 11 is 0.600. The summed E-state index contributed by atoms with van der Waals surface area (Å²) in [5.41, 5.74) is 4.21. The number of ether oxygens (including phenoxy) is 9. The van der Waals surface area contributed by atoms with Crippen LogP contribution in [-0.4, -0.2) is 210 Å². The number of rotatable bonds is 29. The summed E-state index contributed by atoms with van der Waals surface area (Å²) < 4.78 is 51.4. The molecule has 1 aromatic rings. The van der Waals surface area contributed by atoms with Crippen molar-refractivity contribution in [2.45, 2.75) is 159 Å². The van der Waals surface area contributed by atoms with Crippen molar-refractivity contribution in [3.8, 4) is 0 Å². The topological polar surface area (TPSA) is 461 Å². The van der Waals surface area contributed by atoms with Crippen molar-refractivity contribution < 1.29 is 120 Å². The van der Waals surface area contributed by atoms with E-state index in [1.807, 2.05) is 0 Å². The third kappa shape index (κ3) is 22.3. The van der Waals surface area contributed by atoms with Crippen molar-refractivity contribution >= 4 is 95.0 Å². The molecule has 2 aliphatic rings. The van der Waals surface area contributed by atoms with Gasteiger partial charge in [-0.15, -0.1) is 11.8 Å². The number of carbonyl (C=O) groups excluding carboxylic acids is 12. The predicted octanol–water partition coefficient (Wildman–Crippen LogP) is -3.86. The van der Waals surface area contributed by atoms with E-state index in [-0.39, 0.29) is 6.42 Å². The van der Waals surface area contributed by atoms with Gasteiger partial charge in [0.05, 0.1) is 32.2 Å². The van der Waals surface area contributed by atoms with E-state index < -0.39 is 206 Å². The minimum absolute atomic E-state index is 0.195. The Bertz CT molecular complexity index is 2560. The molecule has 0 radical (unpaired) electrons. The number of benzene rings is 1. The van der Waals surface area contributed by atoms with E-state index >= 15 is 0 Å². The van der Waals surface area contributed by atoms with Gasteiger partial charge < -0.3 is 90.5 Å². The molecular weight excluding hydrogens is 1130 g/mol. The molecule has 2 aliphatic heterocycles. The van der Waals surface area contributed by atoms with Crippen LogP contribution in [0.1, 0.15) is 74.3 Å². The number of nitrogens with two attached hydrogens (primary N) is 1. The third-order valence-electron chi connectivity index (χ3n) is 11.8. The molecule has 83 heavy (non-hydrogen) atoms. The molecule has 460 valence electrons. The summed E-state index contributed by atoms with van der Waals surface area (Å²) in [4.78, 5) is 180. The van der Waals surface area contributed by atoms with Crippen LogP contribution in [0.3, 0.4) is 0 Å². The van der Waals surface area contributed by atoms with E-state index in [4.69, 9.17) is 48.4 Å². The summed E-state index contributed by atoms with van der Waals surface area (Å²) in [6.45, 7) is 5.67. The minimum atomic E-state index is -3.13. The smallest absolute Gasteiger partial charge is 0.364 e. The Kier molecular flexibility index (Phi) is 27.2. The molecule has 0 saturated carbocycles. The molecule has 3 rings (SSSR count). The van der Waals surface area contributed by atoms with Crippen LogP contribution in [0.15, 0.2) is 30.3 Å². The van der Waals surface area contributed by atoms with Gasteiger partial charge in [-0.05, 0) is 12.5 Å². The van der Waals surface area contributed by atoms with E-state index in [0.717, 1.165) is 62.3 Å². The maximum Gasteiger partial charge on any atom is 0.364 e. The number of thioether (sulfide) groups is 1. The predicted molar refractivity (Wildman–Crippen MR) is 278 cm³/mol. The Hall–Kier alpha value is -8.01. The molecule has 32 nitrogen and oxygen atoms in total. The standard InChI is InChI=1S/C50H69N7O25S/c1-22(47(70)71)53-46(69)33(57-45(68)32(15-31-13-11-10-12-14-31)56-38(67)18-52-37(66)17-51)21-83-48-40(55-24(3)59)43(80-30(9)65)41(78-28(7)63)36(81-48)20-75-50(49(72)73)16-34(76-26(5)61)39(54-23(2)58)44(82-50)42(79-29(8)64)35(77-27(6)62)19-74-25(4)60/h10-14,22,32-36,39-44,48H,15-21,51H2,1-9H3,(H,52,66)(H,53,69)(H,54,58)(H,55,59)(H,56,67)(H,57,68)(H,70,71)(H,72,73)/t22-,32-,33-,34-,35+,36+,39+,40+,41-,42+,43+,44+,48+,50+/m0/s1. The molecule has 6 amide bonds. The number of carboxylic acids is 2. The fourth-order valence-corrected chi connectivity index (χ4v) is 9.70. The van der Waals surface area contributed by atoms with Crippen LogP contribution >= 0.6 is 11.8 Å². The SMILES string of the molecule is CC(=O)N[C@@H]1[C@@H](OC(C)=O)[C@@H](OC(C)=O)[C@@H](CO[C@]2(C(=O)O)C[C@H](OC(C)=O)[C@@H](NC(C)=O)[C@H]([C@H](OC(C)=O)[C@@H](COC(C)=O)OC(C)=O)O2)O[C@@H]1SC[C@H](NC(=O)[C@H](Cc1ccccc1)NC(=O)CNC(=O)CN)C(=O)N[C@@H](C)C(=O)O. The van der Waals surface area contributed by atoms with Gasteiger partial charge in [0.2, 0.25) is 35.4 Å². The minimum Gasteiger partial charge on any atom is -0.480 e. The lowest BCUT2D eigenvalue weighted by molar-refractivity contribution is -0.322. The summed E-state index contributed by atoms with van der Waals surface area (Å²) in [5, 5.41) is 35.3. The van der Waals surface area contributed by atoms with Gasteiger partial charge in [0.15, 0.2) is 24.4 Å². The Morgan fingerprint density at radius 3 is 1.81 bits per heavy atom. The van der Waals surface area contributed by atoms with Crippen molar-refractivity contribution in [3.05, 3.63) is 35.9 Å². The second-order valence-corrected chi connectivity index (χ2v) is 19.9. The Morgan fingerprint density at radius 1 is 0.699 bits per heavy atom. The summed E-state index contributed by atoms with van der Waals surface area (Å²) in [6.07, 6.45) is -14.4. The largest absolute Gasteiger partial charge is 0.480 e. The first kappa shape index (κ1) is 69.3. The van der Waals surface area contributed by atoms with E-state index in [9.17, 15) is 77.3 Å². The molecule has 1 aromatic carbocycles. The lowest BCUT2D eigenvalue weighted by atomic mass is 9.88. The number of carboxylic acid groups (broad SMARTS) is 2. The molecule has 10 N–H and O–H groups in total. The van der Waals surface area contributed by atoms with Gasteiger partial charge >= 0.3 is 47.8 Å². The highest BCUT2D eigenvalue weighted by Gasteiger charge is 2.60. The molecule has 14 atom stereocenters. The third-order valence-corrected chi connectivity index (χ3v) is 13.0. The Balaban J connectivity index is 2.25. The van der Waals surface area contributed by atoms with E-state index in [1.165, 1.54) is 0 Å². The van der Waals surface area contributed by atoms with Crippen LogP contribution in [-0.2, 0) is 116 Å². The second kappa shape index (κ2) is 32.6. The maximum atomic E-state index is 14.3. The molecule has 0 aliphatic carbocycles. The first-order valence-electron chi connectivity index (χ1n) is 25.4. The number of esters is 6. The van der Waals surface area contributed by atoms with Crippen LogP contribution in [0.5, 0.6) is 0 Å². The quantitative estimate of drug-likeness (QED) is 0.0274. The van der Waals surface area contributed by atoms with Gasteiger partial charge in [0.25, 0.3) is 5.79 Å². The number of aliphatic carboxylic acids is 2. The average molecular weight is 1200 g/mol. The van der Waals surface area contributed by atoms with Gasteiger partial charge in [-0.3, -0.25) is 62.3 Å². The lowest BCUT2D eigenvalue weighted by Crippen LogP contribution is -2.70. The number of nitrogens with one attached hydrogen (secondary N) is 6. The number of carbonyl (C=O) groups is 14. The highest BCUT2D eigenvalue weighted by molar-refractivity contribution is 7.99. The van der Waals surface area contributed by atoms with E-state index in [2.05, 4.69) is 31.9 Å². The molecule has 33 heteroatoms. The van der Waals surface area contributed by atoms with Gasteiger partial charge in [-0.2, -0.15) is 0 Å². The van der Waals surface area contributed by atoms with Crippen LogP contribution in [0, 0.1) is 0 Å². The zero-order valence-corrected chi connectivity index (χ0v) is 47.4. The fraction of sp³-hybridized carbons (Fsp3) is 0.600. The van der Waals surface area contributed by atoms with E-state index in [0.29, 0.717) is 17.3 Å². The zero-order valence-electron chi connectivity index (χ0n) is 46.6. The van der Waals surface area contributed by atoms with Crippen LogP contribution in [0.25, 0.3) is 0 Å². The summed E-state index contributed by atoms with van der Waals surface area (Å²) in [7, 11) is 0. The van der Waals surface area contributed by atoms with Crippen LogP contribution in [0.2, 0.25) is 0 Å². The van der Waals surface area contributed by atoms with Crippen LogP contribution in [0.4, 0.5) is 0 Å². The van der Waals surface area contributed by atoms with Gasteiger partial charge in [-0.25, -0.2) is 4.79 Å². The molecule has 2 heterocycles. The Morgan fingerprint density at radius 2 is 1.28 bits per heavy atom. The van der Waals surface area contributed by atoms with Crippen molar-refractivity contribution in [2.75, 3.05) is 32.1 Å². The molecule has 0 aromatic heterocycles. The molecule has 2 saturated heterocycles. The molecule has 2 fully saturated rings. The van der Waals surface area contributed by atoms with Crippen LogP contribution < -0.4 is 37.6 Å². The number of amides is 6. The van der Waals surface area contributed by atoms with Gasteiger partial charge in [-0.1, -0.05) is 30.3 Å². The van der Waals surface area contributed by atoms with Crippen molar-refractivity contribution in [3.63, 3.8) is 0 Å². The van der Waals surface area contributed by atoms with Crippen molar-refractivity contribution in [2.24, 2.45) is 5.73 Å². The number of hydrogen-bond donors (Lipinski definition) is 9. The molecule has 0 bridgehead atoms. The lowest BCUT2D eigenvalue weighted by Gasteiger charge is -2.49. The van der Waals surface area contributed by atoms with Crippen molar-refractivity contribution in [1.29, 1.82) is 0 Å². The van der Waals surface area contributed by atoms with Gasteiger partial charge in [0, 0.05) is 67.6 Å². The van der Waals surface area contributed by atoms with Gasteiger partial charge in [0.1, 0.15) is 54.5 Å². The first-order valence-corrected chi connectivity index (χ1v) is 26.4. The van der Waals surface area contributed by atoms with Crippen molar-refractivity contribution in [1.82, 2.24) is 31.9 Å². The molecular formula is C50H69N7O25S. The number of hydrogen-bond acceptors (Lipinski definition) is 25.